The molecule has 0 aliphatic rings. The van der Waals surface area contributed by atoms with Crippen molar-refractivity contribution in [1.29, 1.82) is 0 Å². The quantitative estimate of drug-likeness (QED) is 0.184. The van der Waals surface area contributed by atoms with Crippen LogP contribution in [0.25, 0.3) is 32.8 Å². The van der Waals surface area contributed by atoms with Gasteiger partial charge in [-0.05, 0) is 66.3 Å². The number of carbonyl (C=O) groups excluding carboxylic acids is 1. The van der Waals surface area contributed by atoms with Gasteiger partial charge in [0.05, 0.1) is 29.7 Å². The number of rotatable bonds is 10. The molecule has 8 nitrogen and oxygen atoms in total. The standard InChI is InChI=1S/C32H34N6O2/c1-6-31(39)33-27-19-28(30(40-5)20-29(27)38(4)16-15-37(2)3)34-32-25-18-24(13-14-26(25)35-36-32)23-12-11-21-9-7-8-10-22(21)17-23/h6-14,17-20H,1,15-16H2,2-5H3,(H,33,39)(H2,34,35,36). The molecule has 204 valence electrons. The molecule has 40 heavy (non-hydrogen) atoms. The lowest BCUT2D eigenvalue weighted by Gasteiger charge is -2.26. The smallest absolute Gasteiger partial charge is 0.247 e. The summed E-state index contributed by atoms with van der Waals surface area (Å²) in [6, 6.07) is 24.9. The van der Waals surface area contributed by atoms with E-state index in [1.54, 1.807) is 7.11 Å². The van der Waals surface area contributed by atoms with Gasteiger partial charge in [0, 0.05) is 31.6 Å². The molecule has 1 heterocycles. The summed E-state index contributed by atoms with van der Waals surface area (Å²) < 4.78 is 5.77. The molecule has 0 radical (unpaired) electrons. The number of benzene rings is 4. The monoisotopic (exact) mass is 534 g/mol. The number of nitrogens with zero attached hydrogens (tertiary/aromatic N) is 3. The lowest BCUT2D eigenvalue weighted by atomic mass is 10.00. The Hall–Kier alpha value is -4.82. The van der Waals surface area contributed by atoms with Crippen LogP contribution in [-0.2, 0) is 4.79 Å². The zero-order chi connectivity index (χ0) is 28.2. The van der Waals surface area contributed by atoms with Crippen LogP contribution in [0.5, 0.6) is 5.75 Å². The van der Waals surface area contributed by atoms with Gasteiger partial charge >= 0.3 is 0 Å². The van der Waals surface area contributed by atoms with E-state index in [-0.39, 0.29) is 5.91 Å². The van der Waals surface area contributed by atoms with E-state index in [1.165, 1.54) is 16.8 Å². The lowest BCUT2D eigenvalue weighted by molar-refractivity contribution is -0.111. The highest BCUT2D eigenvalue weighted by Gasteiger charge is 2.17. The average molecular weight is 535 g/mol. The second-order valence-corrected chi connectivity index (χ2v) is 10.0. The number of methoxy groups -OCH3 is 1. The van der Waals surface area contributed by atoms with Crippen molar-refractivity contribution in [2.75, 3.05) is 56.9 Å². The SMILES string of the molecule is C=CC(=O)Nc1cc(Nc2n[nH]c3ccc(-c4ccc5ccccc5c4)cc23)c(OC)cc1N(C)CCN(C)C. The second-order valence-electron chi connectivity index (χ2n) is 10.0. The average Bonchev–Trinajstić information content (AvgIpc) is 3.37. The molecule has 3 N–H and O–H groups in total. The van der Waals surface area contributed by atoms with Gasteiger partial charge in [0.1, 0.15) is 5.75 Å². The zero-order valence-electron chi connectivity index (χ0n) is 23.3. The number of likely N-dealkylation sites (N-methyl/N-ethyl adjacent to an activating group) is 2. The van der Waals surface area contributed by atoms with Gasteiger partial charge in [-0.1, -0.05) is 49.0 Å². The zero-order valence-corrected chi connectivity index (χ0v) is 23.3. The van der Waals surface area contributed by atoms with E-state index in [9.17, 15) is 4.79 Å². The predicted octanol–water partition coefficient (Wildman–Crippen LogP) is 6.26. The number of aromatic nitrogens is 2. The number of hydrogen-bond donors (Lipinski definition) is 3. The Bertz CT molecular complexity index is 1690. The maximum absolute atomic E-state index is 12.3. The number of nitrogens with one attached hydrogen (secondary N) is 3. The van der Waals surface area contributed by atoms with Crippen LogP contribution >= 0.6 is 0 Å². The highest BCUT2D eigenvalue weighted by atomic mass is 16.5. The van der Waals surface area contributed by atoms with E-state index >= 15 is 0 Å². The van der Waals surface area contributed by atoms with E-state index in [2.05, 4.69) is 85.7 Å². The number of carbonyl (C=O) groups is 1. The van der Waals surface area contributed by atoms with Crippen LogP contribution in [0.15, 0.2) is 85.5 Å². The normalized spacial score (nSPS) is 11.1. The second kappa shape index (κ2) is 11.5. The largest absolute Gasteiger partial charge is 0.494 e. The van der Waals surface area contributed by atoms with Gasteiger partial charge < -0.3 is 25.2 Å². The van der Waals surface area contributed by atoms with Crippen molar-refractivity contribution in [2.45, 2.75) is 0 Å². The van der Waals surface area contributed by atoms with Crippen molar-refractivity contribution >= 4 is 50.5 Å². The highest BCUT2D eigenvalue weighted by Crippen LogP contribution is 2.39. The van der Waals surface area contributed by atoms with Crippen LogP contribution < -0.4 is 20.3 Å². The molecule has 0 aliphatic carbocycles. The molecule has 5 aromatic rings. The van der Waals surface area contributed by atoms with E-state index < -0.39 is 0 Å². The predicted molar refractivity (Wildman–Crippen MR) is 166 cm³/mol. The maximum atomic E-state index is 12.3. The summed E-state index contributed by atoms with van der Waals surface area (Å²) in [4.78, 5) is 16.5. The van der Waals surface area contributed by atoms with E-state index in [0.717, 1.165) is 40.8 Å². The first-order chi connectivity index (χ1) is 19.4. The molecule has 0 saturated carbocycles. The van der Waals surface area contributed by atoms with Gasteiger partial charge in [-0.15, -0.1) is 0 Å². The van der Waals surface area contributed by atoms with Crippen molar-refractivity contribution in [3.63, 3.8) is 0 Å². The Kier molecular flexibility index (Phi) is 7.70. The number of anilines is 4. The highest BCUT2D eigenvalue weighted by molar-refractivity contribution is 6.03. The maximum Gasteiger partial charge on any atom is 0.247 e. The summed E-state index contributed by atoms with van der Waals surface area (Å²) in [7, 11) is 7.68. The van der Waals surface area contributed by atoms with E-state index in [1.807, 2.05) is 45.4 Å². The molecule has 0 aliphatic heterocycles. The van der Waals surface area contributed by atoms with Crippen molar-refractivity contribution < 1.29 is 9.53 Å². The molecular weight excluding hydrogens is 500 g/mol. The Balaban J connectivity index is 1.52. The van der Waals surface area contributed by atoms with Crippen molar-refractivity contribution in [3.05, 3.63) is 85.5 Å². The minimum Gasteiger partial charge on any atom is -0.494 e. The summed E-state index contributed by atoms with van der Waals surface area (Å²) in [6.45, 7) is 5.22. The summed E-state index contributed by atoms with van der Waals surface area (Å²) in [5.41, 5.74) is 5.29. The first-order valence-corrected chi connectivity index (χ1v) is 13.1. The number of ether oxygens (including phenoxy) is 1. The number of H-pyrrole nitrogens is 1. The van der Waals surface area contributed by atoms with Gasteiger partial charge in [-0.25, -0.2) is 0 Å². The molecule has 0 saturated heterocycles. The van der Waals surface area contributed by atoms with Crippen LogP contribution in [0, 0.1) is 0 Å². The summed E-state index contributed by atoms with van der Waals surface area (Å²) >= 11 is 0. The minimum atomic E-state index is -0.288. The Labute approximate surface area is 234 Å². The van der Waals surface area contributed by atoms with Crippen LogP contribution in [-0.4, -0.2) is 62.3 Å². The third kappa shape index (κ3) is 5.62. The van der Waals surface area contributed by atoms with Gasteiger partial charge in [-0.3, -0.25) is 9.89 Å². The summed E-state index contributed by atoms with van der Waals surface area (Å²) in [5, 5.41) is 17.4. The molecule has 8 heteroatoms. The molecule has 5 rings (SSSR count). The topological polar surface area (TPSA) is 85.5 Å². The number of fused-ring (bicyclic) bond motifs is 2. The van der Waals surface area contributed by atoms with Crippen LogP contribution in [0.1, 0.15) is 0 Å². The fraction of sp³-hybridized carbons (Fsp3) is 0.188. The molecule has 0 unspecified atom stereocenters. The summed E-state index contributed by atoms with van der Waals surface area (Å²) in [5.74, 6) is 0.999. The molecule has 0 atom stereocenters. The van der Waals surface area contributed by atoms with Gasteiger partial charge in [-0.2, -0.15) is 5.10 Å². The molecule has 1 amide bonds. The van der Waals surface area contributed by atoms with Crippen LogP contribution in [0.2, 0.25) is 0 Å². The number of amides is 1. The van der Waals surface area contributed by atoms with Gasteiger partial charge in [0.25, 0.3) is 0 Å². The van der Waals surface area contributed by atoms with Gasteiger partial charge in [0.2, 0.25) is 5.91 Å². The molecule has 0 fully saturated rings. The summed E-state index contributed by atoms with van der Waals surface area (Å²) in [6.07, 6.45) is 1.26. The minimum absolute atomic E-state index is 0.288. The first-order valence-electron chi connectivity index (χ1n) is 13.1. The molecule has 0 spiro atoms. The first kappa shape index (κ1) is 26.8. The van der Waals surface area contributed by atoms with Gasteiger partial charge in [0.15, 0.2) is 5.82 Å². The number of hydrogen-bond acceptors (Lipinski definition) is 6. The van der Waals surface area contributed by atoms with E-state index in [4.69, 9.17) is 4.74 Å². The van der Waals surface area contributed by atoms with E-state index in [0.29, 0.717) is 22.9 Å². The molecule has 0 bridgehead atoms. The van der Waals surface area contributed by atoms with Crippen LogP contribution in [0.3, 0.4) is 0 Å². The fourth-order valence-corrected chi connectivity index (χ4v) is 4.69. The van der Waals surface area contributed by atoms with Crippen molar-refractivity contribution in [3.8, 4) is 16.9 Å². The van der Waals surface area contributed by atoms with Crippen LogP contribution in [0.4, 0.5) is 22.9 Å². The third-order valence-corrected chi connectivity index (χ3v) is 6.95. The Morgan fingerprint density at radius 3 is 2.45 bits per heavy atom. The fourth-order valence-electron chi connectivity index (χ4n) is 4.69. The molecular formula is C32H34N6O2. The lowest BCUT2D eigenvalue weighted by Crippen LogP contribution is -2.29. The number of aromatic amines is 1. The molecule has 4 aromatic carbocycles. The Morgan fingerprint density at radius 2 is 1.70 bits per heavy atom. The Morgan fingerprint density at radius 1 is 0.950 bits per heavy atom. The van der Waals surface area contributed by atoms with Crippen molar-refractivity contribution in [2.24, 2.45) is 0 Å². The third-order valence-electron chi connectivity index (χ3n) is 6.95. The van der Waals surface area contributed by atoms with Crippen molar-refractivity contribution in [1.82, 2.24) is 15.1 Å². The molecule has 1 aromatic heterocycles.